The van der Waals surface area contributed by atoms with Crippen molar-refractivity contribution in [3.05, 3.63) is 59.5 Å². The lowest BCUT2D eigenvalue weighted by Gasteiger charge is -2.34. The molecule has 15 nitrogen and oxygen atoms in total. The van der Waals surface area contributed by atoms with Gasteiger partial charge in [0, 0.05) is 36.0 Å². The Labute approximate surface area is 335 Å². The number of likely N-dealkylation sites (tertiary alicyclic amines) is 1. The Morgan fingerprint density at radius 3 is 2.16 bits per heavy atom. The summed E-state index contributed by atoms with van der Waals surface area (Å²) in [5.41, 5.74) is -4.08. The number of carbonyl (C=O) groups is 3. The van der Waals surface area contributed by atoms with E-state index in [0.29, 0.717) is 25.3 Å². The van der Waals surface area contributed by atoms with Crippen molar-refractivity contribution >= 4 is 38.8 Å². The van der Waals surface area contributed by atoms with E-state index in [1.165, 1.54) is 6.92 Å². The quantitative estimate of drug-likeness (QED) is 0.122. The van der Waals surface area contributed by atoms with Crippen LogP contribution in [0.3, 0.4) is 0 Å². The highest BCUT2D eigenvalue weighted by molar-refractivity contribution is 7.90. The number of terminal acetylenes is 1. The van der Waals surface area contributed by atoms with E-state index in [0.717, 1.165) is 32.6 Å². The van der Waals surface area contributed by atoms with E-state index >= 15 is 0 Å². The van der Waals surface area contributed by atoms with Crippen LogP contribution in [0, 0.1) is 29.1 Å². The topological polar surface area (TPSA) is 195 Å². The third kappa shape index (κ3) is 11.7. The lowest BCUT2D eigenvalue weighted by atomic mass is 9.86. The van der Waals surface area contributed by atoms with E-state index in [-0.39, 0.29) is 18.4 Å². The third-order valence-electron chi connectivity index (χ3n) is 9.06. The fourth-order valence-electron chi connectivity index (χ4n) is 5.92. The monoisotopic (exact) mass is 834 g/mol. The summed E-state index contributed by atoms with van der Waals surface area (Å²) in [6.45, 7) is 13.6. The fraction of sp³-hybridized carbons (Fsp3) is 0.487. The number of alkyl halides is 3. The van der Waals surface area contributed by atoms with Gasteiger partial charge in [0.25, 0.3) is 5.91 Å². The zero-order valence-electron chi connectivity index (χ0n) is 33.5. The molecule has 0 spiro atoms. The van der Waals surface area contributed by atoms with Gasteiger partial charge in [-0.15, -0.1) is 17.8 Å². The number of amides is 3. The summed E-state index contributed by atoms with van der Waals surface area (Å²) >= 11 is 0. The predicted octanol–water partition coefficient (Wildman–Crippen LogP) is 6.08. The normalized spacial score (nSPS) is 19.5. The number of sulfonamides is 1. The van der Waals surface area contributed by atoms with Gasteiger partial charge in [-0.25, -0.2) is 14.5 Å². The Kier molecular flexibility index (Phi) is 14.7. The molecule has 316 valence electrons. The van der Waals surface area contributed by atoms with Gasteiger partial charge < -0.3 is 24.4 Å². The first kappa shape index (κ1) is 46.7. The van der Waals surface area contributed by atoms with Crippen molar-refractivity contribution in [1.29, 1.82) is 0 Å². The number of benzene rings is 2. The average Bonchev–Trinajstić information content (AvgIpc) is 3.56. The minimum atomic E-state index is -5.77. The van der Waals surface area contributed by atoms with E-state index in [2.05, 4.69) is 23.4 Å². The number of halogens is 3. The summed E-state index contributed by atoms with van der Waals surface area (Å²) in [4.78, 5) is 54.0. The van der Waals surface area contributed by atoms with E-state index in [4.69, 9.17) is 19.2 Å². The molecule has 3 N–H and O–H groups in total. The van der Waals surface area contributed by atoms with Crippen LogP contribution < -0.4 is 24.9 Å². The number of nitrogens with zero attached hydrogens (tertiary/aromatic N) is 3. The average molecular weight is 835 g/mol. The minimum absolute atomic E-state index is 0.0257. The number of rotatable bonds is 10. The number of alkyl carbamates (subject to hydrolysis) is 1. The second-order valence-electron chi connectivity index (χ2n) is 15.7. The van der Waals surface area contributed by atoms with Crippen LogP contribution in [-0.2, 0) is 24.3 Å². The number of carbonyl (C=O) groups excluding carboxylic acids is 3. The second-order valence-corrected chi connectivity index (χ2v) is 17.3. The molecule has 4 atom stereocenters. The Morgan fingerprint density at radius 1 is 1.02 bits per heavy atom. The van der Waals surface area contributed by atoms with Gasteiger partial charge in [-0.2, -0.15) is 21.6 Å². The SMILES string of the molecule is C#C.CC1CC1(NN=O)C(=O)NS(=O)(=O)C(F)(F)F.COc1ccc2c(O[C@@H]3CCN(C(=O)[C@@H](NC(=O)OC(C)(C)C)C(C)(C)C)C3)cc(-c3ccccc3)nc2c1. The zero-order valence-corrected chi connectivity index (χ0v) is 34.3. The summed E-state index contributed by atoms with van der Waals surface area (Å²) in [6.07, 6.45) is 7.90. The molecule has 2 aromatic carbocycles. The molecule has 19 heteroatoms. The number of aromatic nitrogens is 1. The summed E-state index contributed by atoms with van der Waals surface area (Å²) in [5.74, 6) is -0.645. The maximum absolute atomic E-state index is 13.6. The molecule has 1 saturated heterocycles. The molecule has 2 aliphatic rings. The van der Waals surface area contributed by atoms with Crippen molar-refractivity contribution in [3.8, 4) is 35.6 Å². The molecule has 3 amide bonds. The van der Waals surface area contributed by atoms with Crippen LogP contribution in [0.15, 0.2) is 59.9 Å². The van der Waals surface area contributed by atoms with E-state index in [1.807, 2.05) is 75.4 Å². The molecule has 0 radical (unpaired) electrons. The molecular weight excluding hydrogens is 786 g/mol. The van der Waals surface area contributed by atoms with Crippen LogP contribution in [0.25, 0.3) is 22.2 Å². The van der Waals surface area contributed by atoms with Crippen molar-refractivity contribution in [2.75, 3.05) is 20.2 Å². The van der Waals surface area contributed by atoms with Gasteiger partial charge in [0.2, 0.25) is 5.91 Å². The zero-order chi connectivity index (χ0) is 43.9. The lowest BCUT2D eigenvalue weighted by molar-refractivity contribution is -0.135. The van der Waals surface area contributed by atoms with Crippen LogP contribution in [0.5, 0.6) is 11.5 Å². The van der Waals surface area contributed by atoms with Gasteiger partial charge in [-0.1, -0.05) is 58.0 Å². The van der Waals surface area contributed by atoms with Gasteiger partial charge in [0.05, 0.1) is 30.2 Å². The van der Waals surface area contributed by atoms with Crippen LogP contribution in [0.2, 0.25) is 0 Å². The second kappa shape index (κ2) is 18.3. The molecule has 1 aliphatic heterocycles. The maximum atomic E-state index is 13.6. The summed E-state index contributed by atoms with van der Waals surface area (Å²) < 4.78 is 75.5. The van der Waals surface area contributed by atoms with E-state index < -0.39 is 56.0 Å². The fourth-order valence-corrected chi connectivity index (χ4v) is 6.46. The Bertz CT molecular complexity index is 2090. The molecule has 1 saturated carbocycles. The third-order valence-corrected chi connectivity index (χ3v) is 10.1. The number of methoxy groups -OCH3 is 1. The van der Waals surface area contributed by atoms with Crippen LogP contribution >= 0.6 is 0 Å². The number of nitrogens with one attached hydrogen (secondary N) is 3. The van der Waals surface area contributed by atoms with Gasteiger partial charge in [-0.05, 0) is 50.7 Å². The van der Waals surface area contributed by atoms with Crippen molar-refractivity contribution < 1.29 is 50.2 Å². The number of hydrogen-bond acceptors (Lipinski definition) is 11. The van der Waals surface area contributed by atoms with E-state index in [1.54, 1.807) is 38.2 Å². The largest absolute Gasteiger partial charge is 0.516 e. The van der Waals surface area contributed by atoms with Crippen molar-refractivity contribution in [3.63, 3.8) is 0 Å². The van der Waals surface area contributed by atoms with Crippen LogP contribution in [0.4, 0.5) is 18.0 Å². The standard InChI is InChI=1S/C31H39N3O5.C6H8F3N3O4S.C2H2/c1-30(2,3)27(33-29(36)39-31(4,5)6)28(35)34-16-15-22(19-34)38-26-18-24(20-11-9-8-10-12-20)32-25-17-21(37-7)13-14-23(25)26;1-3-2-5(3,11-12-14)4(13)10-17(15,16)6(7,8)9;1-2/h8-14,17-18,22,27H,15-16,19H2,1-7H3,(H,33,36);3H,2H2,1H3,(H,10,13)(H,11,14);1-2H/t22-,27-;;/m1../s1. The number of hydrogen-bond donors (Lipinski definition) is 3. The molecule has 2 heterocycles. The van der Waals surface area contributed by atoms with Gasteiger partial charge in [0.1, 0.15) is 34.8 Å². The first-order valence-electron chi connectivity index (χ1n) is 18.0. The van der Waals surface area contributed by atoms with Crippen molar-refractivity contribution in [2.45, 2.75) is 90.1 Å². The summed E-state index contributed by atoms with van der Waals surface area (Å²) in [7, 11) is -4.13. The number of ether oxygens (including phenoxy) is 3. The highest BCUT2D eigenvalue weighted by Gasteiger charge is 2.61. The van der Waals surface area contributed by atoms with Gasteiger partial charge in [-0.3, -0.25) is 15.0 Å². The molecular formula is C39H49F3N6O9S. The molecule has 58 heavy (non-hydrogen) atoms. The number of nitroso groups, excluding NO2 is 1. The number of pyridine rings is 1. The smallest absolute Gasteiger partial charge is 0.497 e. The highest BCUT2D eigenvalue weighted by Crippen LogP contribution is 2.43. The first-order valence-corrected chi connectivity index (χ1v) is 19.4. The van der Waals surface area contributed by atoms with E-state index in [9.17, 15) is 40.9 Å². The Balaban J connectivity index is 0.000000396. The Morgan fingerprint density at radius 2 is 1.64 bits per heavy atom. The van der Waals surface area contributed by atoms with Crippen LogP contribution in [-0.4, -0.2) is 85.2 Å². The molecule has 2 fully saturated rings. The first-order chi connectivity index (χ1) is 26.9. The molecule has 5 rings (SSSR count). The highest BCUT2D eigenvalue weighted by atomic mass is 32.2. The van der Waals surface area contributed by atoms with Gasteiger partial charge >= 0.3 is 21.6 Å². The van der Waals surface area contributed by atoms with Crippen molar-refractivity contribution in [2.24, 2.45) is 16.6 Å². The number of fused-ring (bicyclic) bond motifs is 1. The summed E-state index contributed by atoms with van der Waals surface area (Å²) in [5, 5.41) is 5.87. The Hall–Kier alpha value is -5.64. The maximum Gasteiger partial charge on any atom is 0.516 e. The molecule has 3 aromatic rings. The molecule has 0 bridgehead atoms. The minimum Gasteiger partial charge on any atom is -0.497 e. The van der Waals surface area contributed by atoms with Gasteiger partial charge in [0.15, 0.2) is 0 Å². The summed E-state index contributed by atoms with van der Waals surface area (Å²) in [6, 6.07) is 16.9. The predicted molar refractivity (Wildman–Crippen MR) is 210 cm³/mol. The molecule has 1 aromatic heterocycles. The van der Waals surface area contributed by atoms with Crippen LogP contribution in [0.1, 0.15) is 61.3 Å². The molecule has 1 aliphatic carbocycles. The molecule has 2 unspecified atom stereocenters. The lowest BCUT2D eigenvalue weighted by Crippen LogP contribution is -2.55. The van der Waals surface area contributed by atoms with Crippen molar-refractivity contribution in [1.82, 2.24) is 25.3 Å².